The van der Waals surface area contributed by atoms with Crippen molar-refractivity contribution in [3.8, 4) is 5.75 Å². The van der Waals surface area contributed by atoms with Gasteiger partial charge < -0.3 is 15.8 Å². The van der Waals surface area contributed by atoms with Crippen molar-refractivity contribution in [1.82, 2.24) is 0 Å². The Balaban J connectivity index is 1.85. The van der Waals surface area contributed by atoms with E-state index < -0.39 is 0 Å². The highest BCUT2D eigenvalue weighted by Gasteiger charge is 2.21. The zero-order chi connectivity index (χ0) is 17.4. The molecule has 0 saturated heterocycles. The van der Waals surface area contributed by atoms with E-state index in [-0.39, 0.29) is 11.3 Å². The van der Waals surface area contributed by atoms with Crippen LogP contribution in [0.4, 0.5) is 5.69 Å². The average molecular weight is 326 g/mol. The average Bonchev–Trinajstić information content (AvgIpc) is 2.60. The fourth-order valence-electron chi connectivity index (χ4n) is 2.49. The second-order valence-electron chi connectivity index (χ2n) is 6.46. The summed E-state index contributed by atoms with van der Waals surface area (Å²) < 4.78 is 5.42. The van der Waals surface area contributed by atoms with E-state index in [0.717, 1.165) is 17.9 Å². The fourth-order valence-corrected chi connectivity index (χ4v) is 2.49. The molecule has 24 heavy (non-hydrogen) atoms. The van der Waals surface area contributed by atoms with Crippen molar-refractivity contribution in [3.05, 3.63) is 60.2 Å². The van der Waals surface area contributed by atoms with Gasteiger partial charge in [0.1, 0.15) is 12.4 Å². The molecule has 128 valence electrons. The van der Waals surface area contributed by atoms with Gasteiger partial charge in [0.05, 0.1) is 0 Å². The zero-order valence-corrected chi connectivity index (χ0v) is 14.4. The van der Waals surface area contributed by atoms with Gasteiger partial charge in [-0.15, -0.1) is 0 Å². The van der Waals surface area contributed by atoms with Gasteiger partial charge in [-0.3, -0.25) is 4.79 Å². The van der Waals surface area contributed by atoms with Gasteiger partial charge in [0.15, 0.2) is 0 Å². The molecule has 0 radical (unpaired) electrons. The van der Waals surface area contributed by atoms with Gasteiger partial charge >= 0.3 is 0 Å². The van der Waals surface area contributed by atoms with Crippen LogP contribution in [0.3, 0.4) is 0 Å². The van der Waals surface area contributed by atoms with Crippen LogP contribution in [-0.2, 0) is 10.2 Å². The Bertz CT molecular complexity index is 636. The molecule has 4 nitrogen and oxygen atoms in total. The number of carbonyl (C=O) groups is 1. The normalized spacial score (nSPS) is 11.1. The van der Waals surface area contributed by atoms with E-state index in [0.29, 0.717) is 19.6 Å². The number of amides is 1. The number of benzene rings is 2. The predicted molar refractivity (Wildman–Crippen MR) is 98.3 cm³/mol. The summed E-state index contributed by atoms with van der Waals surface area (Å²) in [7, 11) is 0. The summed E-state index contributed by atoms with van der Waals surface area (Å²) in [5.41, 5.74) is 7.40. The Morgan fingerprint density at radius 2 is 1.75 bits per heavy atom. The summed E-state index contributed by atoms with van der Waals surface area (Å²) in [4.78, 5) is 12.2. The van der Waals surface area contributed by atoms with Crippen molar-refractivity contribution in [1.29, 1.82) is 0 Å². The lowest BCUT2D eigenvalue weighted by Gasteiger charge is -2.25. The van der Waals surface area contributed by atoms with Gasteiger partial charge in [0.25, 0.3) is 0 Å². The maximum Gasteiger partial charge on any atom is 0.224 e. The zero-order valence-electron chi connectivity index (χ0n) is 14.4. The summed E-state index contributed by atoms with van der Waals surface area (Å²) in [6.07, 6.45) is 1.27. The van der Waals surface area contributed by atoms with Crippen LogP contribution >= 0.6 is 0 Å². The first-order valence-corrected chi connectivity index (χ1v) is 8.29. The lowest BCUT2D eigenvalue weighted by Crippen LogP contribution is -2.21. The van der Waals surface area contributed by atoms with Gasteiger partial charge in [-0.05, 0) is 41.7 Å². The van der Waals surface area contributed by atoms with Gasteiger partial charge in [0.2, 0.25) is 5.91 Å². The van der Waals surface area contributed by atoms with E-state index >= 15 is 0 Å². The third kappa shape index (κ3) is 5.39. The molecule has 3 N–H and O–H groups in total. The number of hydrogen-bond donors (Lipinski definition) is 2. The molecule has 0 unspecified atom stereocenters. The number of carbonyl (C=O) groups excluding carboxylic acids is 1. The van der Waals surface area contributed by atoms with E-state index in [1.807, 2.05) is 42.5 Å². The molecular formula is C20H26N2O2. The molecule has 2 aromatic rings. The monoisotopic (exact) mass is 326 g/mol. The van der Waals surface area contributed by atoms with Gasteiger partial charge in [0, 0.05) is 18.7 Å². The molecule has 0 aliphatic rings. The third-order valence-corrected chi connectivity index (χ3v) is 4.06. The van der Waals surface area contributed by atoms with Crippen LogP contribution < -0.4 is 15.8 Å². The Morgan fingerprint density at radius 1 is 1.08 bits per heavy atom. The molecular weight excluding hydrogens is 300 g/mol. The smallest absolute Gasteiger partial charge is 0.224 e. The van der Waals surface area contributed by atoms with Gasteiger partial charge in [-0.2, -0.15) is 0 Å². The minimum absolute atomic E-state index is 0.0228. The minimum Gasteiger partial charge on any atom is -0.492 e. The second kappa shape index (κ2) is 8.50. The van der Waals surface area contributed by atoms with Crippen LogP contribution in [0.5, 0.6) is 5.75 Å². The molecule has 0 spiro atoms. The molecule has 0 aliphatic heterocycles. The first kappa shape index (κ1) is 18.0. The maximum atomic E-state index is 12.2. The van der Waals surface area contributed by atoms with Crippen LogP contribution in [0.2, 0.25) is 0 Å². The summed E-state index contributed by atoms with van der Waals surface area (Å²) in [5, 5.41) is 2.93. The summed E-state index contributed by atoms with van der Waals surface area (Å²) >= 11 is 0. The molecule has 0 bridgehead atoms. The Labute approximate surface area is 144 Å². The molecule has 2 rings (SSSR count). The number of nitrogens with two attached hydrogens (primary N) is 1. The highest BCUT2D eigenvalue weighted by molar-refractivity contribution is 5.90. The van der Waals surface area contributed by atoms with Crippen molar-refractivity contribution in [2.45, 2.75) is 32.1 Å². The van der Waals surface area contributed by atoms with E-state index in [1.54, 1.807) is 0 Å². The summed E-state index contributed by atoms with van der Waals surface area (Å²) in [6.45, 7) is 5.30. The van der Waals surface area contributed by atoms with Crippen molar-refractivity contribution in [3.63, 3.8) is 0 Å². The van der Waals surface area contributed by atoms with Crippen LogP contribution in [0.15, 0.2) is 54.6 Å². The van der Waals surface area contributed by atoms with Gasteiger partial charge in [-0.1, -0.05) is 44.2 Å². The molecule has 0 atom stereocenters. The molecule has 2 aromatic carbocycles. The third-order valence-electron chi connectivity index (χ3n) is 4.06. The molecule has 0 aromatic heterocycles. The maximum absolute atomic E-state index is 12.2. The number of anilines is 1. The van der Waals surface area contributed by atoms with E-state index in [1.165, 1.54) is 5.56 Å². The Hall–Kier alpha value is -2.33. The minimum atomic E-state index is -0.0292. The summed E-state index contributed by atoms with van der Waals surface area (Å²) in [5.74, 6) is 0.776. The standard InChI is InChI=1S/C20H26N2O2/c1-20(2,16-6-4-3-5-7-16)13-12-19(23)22-17-8-10-18(11-9-17)24-15-14-21/h3-11H,12-15,21H2,1-2H3,(H,22,23). The van der Waals surface area contributed by atoms with Crippen molar-refractivity contribution in [2.24, 2.45) is 5.73 Å². The molecule has 1 amide bonds. The predicted octanol–water partition coefficient (Wildman–Crippen LogP) is 3.72. The largest absolute Gasteiger partial charge is 0.492 e. The Kier molecular flexibility index (Phi) is 6.38. The topological polar surface area (TPSA) is 64.3 Å². The number of nitrogens with one attached hydrogen (secondary N) is 1. The van der Waals surface area contributed by atoms with Crippen LogP contribution in [0, 0.1) is 0 Å². The highest BCUT2D eigenvalue weighted by Crippen LogP contribution is 2.28. The lowest BCUT2D eigenvalue weighted by atomic mass is 9.80. The molecule has 0 fully saturated rings. The summed E-state index contributed by atoms with van der Waals surface area (Å²) in [6, 6.07) is 17.6. The van der Waals surface area contributed by atoms with Crippen LogP contribution in [0.25, 0.3) is 0 Å². The van der Waals surface area contributed by atoms with Crippen molar-refractivity contribution < 1.29 is 9.53 Å². The number of ether oxygens (including phenoxy) is 1. The molecule has 0 aliphatic carbocycles. The van der Waals surface area contributed by atoms with Gasteiger partial charge in [-0.25, -0.2) is 0 Å². The quantitative estimate of drug-likeness (QED) is 0.777. The second-order valence-corrected chi connectivity index (χ2v) is 6.46. The lowest BCUT2D eigenvalue weighted by molar-refractivity contribution is -0.116. The Morgan fingerprint density at radius 3 is 2.38 bits per heavy atom. The molecule has 4 heteroatoms. The first-order chi connectivity index (χ1) is 11.5. The van der Waals surface area contributed by atoms with Crippen molar-refractivity contribution >= 4 is 11.6 Å². The highest BCUT2D eigenvalue weighted by atomic mass is 16.5. The first-order valence-electron chi connectivity index (χ1n) is 8.29. The molecule has 0 saturated carbocycles. The van der Waals surface area contributed by atoms with E-state index in [4.69, 9.17) is 10.5 Å². The SMILES string of the molecule is CC(C)(CCC(=O)Nc1ccc(OCCN)cc1)c1ccccc1. The number of rotatable bonds is 8. The van der Waals surface area contributed by atoms with E-state index in [2.05, 4.69) is 31.3 Å². The van der Waals surface area contributed by atoms with E-state index in [9.17, 15) is 4.79 Å². The van der Waals surface area contributed by atoms with Crippen LogP contribution in [0.1, 0.15) is 32.3 Å². The fraction of sp³-hybridized carbons (Fsp3) is 0.350. The molecule has 0 heterocycles. The van der Waals surface area contributed by atoms with Crippen LogP contribution in [-0.4, -0.2) is 19.1 Å². The van der Waals surface area contributed by atoms with Crippen molar-refractivity contribution in [2.75, 3.05) is 18.5 Å². The number of hydrogen-bond acceptors (Lipinski definition) is 3.